The summed E-state index contributed by atoms with van der Waals surface area (Å²) in [6.07, 6.45) is 0.367. The number of hydrogen-bond donors (Lipinski definition) is 0. The zero-order chi connectivity index (χ0) is 20.6. The molecule has 0 saturated carbocycles. The van der Waals surface area contributed by atoms with E-state index in [1.807, 2.05) is 0 Å². The quantitative estimate of drug-likeness (QED) is 0.621. The average Bonchev–Trinajstić information content (AvgIpc) is 2.86. The van der Waals surface area contributed by atoms with Crippen molar-refractivity contribution < 1.29 is 13.2 Å². The van der Waals surface area contributed by atoms with Gasteiger partial charge in [0, 0.05) is 12.0 Å². The van der Waals surface area contributed by atoms with Crippen LogP contribution in [0.5, 0.6) is 0 Å². The molecule has 0 amide bonds. The van der Waals surface area contributed by atoms with Crippen molar-refractivity contribution >= 4 is 15.6 Å². The highest BCUT2D eigenvalue weighted by molar-refractivity contribution is 7.91. The number of Topliss-reactive ketones (excluding diaryl/α,β-unsaturated/α-hetero) is 1. The molecule has 3 nitrogen and oxygen atoms in total. The van der Waals surface area contributed by atoms with Gasteiger partial charge in [0.25, 0.3) is 0 Å². The van der Waals surface area contributed by atoms with Crippen LogP contribution >= 0.6 is 0 Å². The van der Waals surface area contributed by atoms with Crippen LogP contribution in [0.15, 0.2) is 42.5 Å². The second kappa shape index (κ2) is 7.82. The number of carbonyl (C=O) groups excluding carboxylic acids is 1. The zero-order valence-electron chi connectivity index (χ0n) is 17.4. The van der Waals surface area contributed by atoms with E-state index in [1.54, 1.807) is 38.1 Å². The summed E-state index contributed by atoms with van der Waals surface area (Å²) in [5.41, 5.74) is 5.18. The summed E-state index contributed by atoms with van der Waals surface area (Å²) in [4.78, 5) is 12.7. The van der Waals surface area contributed by atoms with E-state index in [9.17, 15) is 13.2 Å². The first-order valence-electron chi connectivity index (χ1n) is 10.1. The van der Waals surface area contributed by atoms with Crippen molar-refractivity contribution in [2.24, 2.45) is 5.92 Å². The molecule has 3 unspecified atom stereocenters. The largest absolute Gasteiger partial charge is 0.294 e. The molecule has 2 aromatic carbocycles. The Balaban J connectivity index is 1.72. The molecule has 0 bridgehead atoms. The van der Waals surface area contributed by atoms with Crippen molar-refractivity contribution in [3.05, 3.63) is 70.3 Å². The zero-order valence-corrected chi connectivity index (χ0v) is 18.2. The molecular formula is C24H30O3S. The van der Waals surface area contributed by atoms with Gasteiger partial charge >= 0.3 is 0 Å². The van der Waals surface area contributed by atoms with E-state index in [0.717, 1.165) is 11.1 Å². The molecule has 0 N–H and O–H groups in total. The van der Waals surface area contributed by atoms with Gasteiger partial charge in [0.05, 0.1) is 11.0 Å². The summed E-state index contributed by atoms with van der Waals surface area (Å²) in [5.74, 6) is 1.77. The van der Waals surface area contributed by atoms with Crippen LogP contribution in [0.3, 0.4) is 0 Å². The van der Waals surface area contributed by atoms with E-state index >= 15 is 0 Å². The van der Waals surface area contributed by atoms with Gasteiger partial charge in [0.15, 0.2) is 15.6 Å². The second-order valence-corrected chi connectivity index (χ2v) is 11.1. The fourth-order valence-corrected chi connectivity index (χ4v) is 5.01. The minimum Gasteiger partial charge on any atom is -0.294 e. The van der Waals surface area contributed by atoms with Crippen LogP contribution in [-0.4, -0.2) is 19.5 Å². The molecule has 0 heterocycles. The Morgan fingerprint density at radius 1 is 0.893 bits per heavy atom. The van der Waals surface area contributed by atoms with Gasteiger partial charge < -0.3 is 0 Å². The fourth-order valence-electron chi connectivity index (χ4n) is 4.02. The number of benzene rings is 2. The number of ketones is 1. The van der Waals surface area contributed by atoms with E-state index < -0.39 is 15.1 Å². The molecule has 0 radical (unpaired) electrons. The van der Waals surface area contributed by atoms with Crippen molar-refractivity contribution in [2.45, 2.75) is 63.9 Å². The Hall–Kier alpha value is -1.94. The lowest BCUT2D eigenvalue weighted by atomic mass is 9.91. The third kappa shape index (κ3) is 4.07. The number of hydrogen-bond acceptors (Lipinski definition) is 3. The molecule has 0 spiro atoms. The molecule has 2 aromatic rings. The minimum absolute atomic E-state index is 0.0121. The van der Waals surface area contributed by atoms with E-state index in [2.05, 4.69) is 39.0 Å². The predicted molar refractivity (Wildman–Crippen MR) is 115 cm³/mol. The van der Waals surface area contributed by atoms with Crippen molar-refractivity contribution in [1.29, 1.82) is 0 Å². The van der Waals surface area contributed by atoms with E-state index in [-0.39, 0.29) is 11.5 Å². The molecule has 0 aliphatic heterocycles. The Labute approximate surface area is 169 Å². The molecule has 0 saturated heterocycles. The van der Waals surface area contributed by atoms with Crippen LogP contribution in [0.1, 0.15) is 79.1 Å². The molecule has 3 atom stereocenters. The SMILES string of the molecule is CC1c2ccc(CC(=O)c3ccc(CS(=O)(=O)C(C)C)cc3)cc2C(C)C1C. The fraction of sp³-hybridized carbons (Fsp3) is 0.458. The smallest absolute Gasteiger partial charge is 0.167 e. The lowest BCUT2D eigenvalue weighted by molar-refractivity contribution is 0.0993. The Morgan fingerprint density at radius 2 is 1.46 bits per heavy atom. The Bertz CT molecular complexity index is 971. The number of rotatable bonds is 6. The van der Waals surface area contributed by atoms with Crippen LogP contribution in [0.25, 0.3) is 0 Å². The van der Waals surface area contributed by atoms with Crippen LogP contribution in [0.4, 0.5) is 0 Å². The van der Waals surface area contributed by atoms with E-state index in [0.29, 0.717) is 29.7 Å². The molecule has 0 fully saturated rings. The number of fused-ring (bicyclic) bond motifs is 1. The summed E-state index contributed by atoms with van der Waals surface area (Å²) in [7, 11) is -3.14. The standard InChI is InChI=1S/C24H30O3S/c1-15(2)28(26,27)14-19-6-9-21(10-7-19)24(25)13-20-8-11-22-17(4)16(3)18(5)23(22)12-20/h6-12,15-18H,13-14H2,1-5H3. The maximum atomic E-state index is 12.7. The van der Waals surface area contributed by atoms with Crippen LogP contribution < -0.4 is 0 Å². The molecule has 3 rings (SSSR count). The maximum Gasteiger partial charge on any atom is 0.167 e. The van der Waals surface area contributed by atoms with Gasteiger partial charge in [-0.2, -0.15) is 0 Å². The van der Waals surface area contributed by atoms with Gasteiger partial charge in [0.2, 0.25) is 0 Å². The summed E-state index contributed by atoms with van der Waals surface area (Å²) in [6, 6.07) is 13.4. The average molecular weight is 399 g/mol. The van der Waals surface area contributed by atoms with E-state index in [1.165, 1.54) is 11.1 Å². The third-order valence-electron chi connectivity index (χ3n) is 6.44. The number of sulfone groups is 1. The van der Waals surface area contributed by atoms with Crippen LogP contribution in [0, 0.1) is 5.92 Å². The minimum atomic E-state index is -3.14. The van der Waals surface area contributed by atoms with Crippen molar-refractivity contribution in [3.63, 3.8) is 0 Å². The highest BCUT2D eigenvalue weighted by Gasteiger charge is 2.32. The summed E-state index contributed by atoms with van der Waals surface area (Å²) >= 11 is 0. The lowest BCUT2D eigenvalue weighted by Gasteiger charge is -2.13. The lowest BCUT2D eigenvalue weighted by Crippen LogP contribution is -2.16. The summed E-state index contributed by atoms with van der Waals surface area (Å²) in [6.45, 7) is 10.2. The van der Waals surface area contributed by atoms with Crippen LogP contribution in [0.2, 0.25) is 0 Å². The normalized spacial score (nSPS) is 21.7. The first-order chi connectivity index (χ1) is 13.1. The molecule has 4 heteroatoms. The van der Waals surface area contributed by atoms with Gasteiger partial charge in [-0.05, 0) is 53.9 Å². The Kier molecular flexibility index (Phi) is 5.81. The first kappa shape index (κ1) is 20.8. The molecular weight excluding hydrogens is 368 g/mol. The third-order valence-corrected chi connectivity index (χ3v) is 8.61. The van der Waals surface area contributed by atoms with Crippen LogP contribution in [-0.2, 0) is 22.0 Å². The van der Waals surface area contributed by atoms with E-state index in [4.69, 9.17) is 0 Å². The van der Waals surface area contributed by atoms with Gasteiger partial charge in [-0.1, -0.05) is 63.2 Å². The topological polar surface area (TPSA) is 51.2 Å². The predicted octanol–water partition coefficient (Wildman–Crippen LogP) is 5.29. The highest BCUT2D eigenvalue weighted by Crippen LogP contribution is 2.46. The van der Waals surface area contributed by atoms with Gasteiger partial charge in [-0.15, -0.1) is 0 Å². The van der Waals surface area contributed by atoms with Gasteiger partial charge in [-0.3, -0.25) is 4.79 Å². The highest BCUT2D eigenvalue weighted by atomic mass is 32.2. The maximum absolute atomic E-state index is 12.7. The second-order valence-electron chi connectivity index (χ2n) is 8.55. The molecule has 1 aliphatic carbocycles. The number of carbonyl (C=O) groups is 1. The van der Waals surface area contributed by atoms with Crippen molar-refractivity contribution in [2.75, 3.05) is 0 Å². The monoisotopic (exact) mass is 398 g/mol. The Morgan fingerprint density at radius 3 is 2.07 bits per heavy atom. The van der Waals surface area contributed by atoms with Gasteiger partial charge in [0.1, 0.15) is 0 Å². The molecule has 1 aliphatic rings. The molecule has 0 aromatic heterocycles. The van der Waals surface area contributed by atoms with Crippen molar-refractivity contribution in [3.8, 4) is 0 Å². The first-order valence-corrected chi connectivity index (χ1v) is 11.8. The van der Waals surface area contributed by atoms with Gasteiger partial charge in [-0.25, -0.2) is 8.42 Å². The molecule has 28 heavy (non-hydrogen) atoms. The van der Waals surface area contributed by atoms with Crippen molar-refractivity contribution in [1.82, 2.24) is 0 Å². The summed E-state index contributed by atoms with van der Waals surface area (Å²) < 4.78 is 24.1. The summed E-state index contributed by atoms with van der Waals surface area (Å²) in [5, 5.41) is -0.401. The molecule has 150 valence electrons.